The van der Waals surface area contributed by atoms with E-state index in [-0.39, 0.29) is 38.9 Å². The normalized spacial score (nSPS) is 18.8. The molecule has 2 N–H and O–H groups in total. The number of nitrogens with zero attached hydrogens (tertiary/aromatic N) is 5. The van der Waals surface area contributed by atoms with E-state index in [1.54, 1.807) is 13.1 Å². The number of hydrogen-bond acceptors (Lipinski definition) is 9. The SMILES string of the molecule is Cc1nn(C2CCN(C)CC2)cc1Nc1ncc(C(F)(F)F)c(-c2cc3c(s2)C(=O)NCCS3(=O)=O)n1. The van der Waals surface area contributed by atoms with Gasteiger partial charge in [-0.25, -0.2) is 18.4 Å². The summed E-state index contributed by atoms with van der Waals surface area (Å²) in [6.07, 6.45) is -0.502. The quantitative estimate of drug-likeness (QED) is 0.503. The van der Waals surface area contributed by atoms with Gasteiger partial charge in [-0.15, -0.1) is 11.3 Å². The van der Waals surface area contributed by atoms with Crippen LogP contribution in [-0.2, 0) is 16.0 Å². The van der Waals surface area contributed by atoms with Crippen LogP contribution in [0.5, 0.6) is 0 Å². The predicted molar refractivity (Wildman–Crippen MR) is 131 cm³/mol. The fraction of sp³-hybridized carbons (Fsp3) is 0.455. The number of halogens is 3. The molecular formula is C22H24F3N7O3S2. The molecule has 0 spiro atoms. The van der Waals surface area contributed by atoms with Crippen molar-refractivity contribution in [1.82, 2.24) is 30.0 Å². The van der Waals surface area contributed by atoms with E-state index in [0.29, 0.717) is 28.9 Å². The van der Waals surface area contributed by atoms with Gasteiger partial charge in [0.25, 0.3) is 5.91 Å². The summed E-state index contributed by atoms with van der Waals surface area (Å²) >= 11 is 0.654. The van der Waals surface area contributed by atoms with Gasteiger partial charge in [-0.2, -0.15) is 18.3 Å². The van der Waals surface area contributed by atoms with Crippen molar-refractivity contribution in [1.29, 1.82) is 0 Å². The Hall–Kier alpha value is -3.04. The lowest BCUT2D eigenvalue weighted by molar-refractivity contribution is -0.137. The number of likely N-dealkylation sites (tertiary alicyclic amines) is 1. The van der Waals surface area contributed by atoms with Crippen molar-refractivity contribution in [2.24, 2.45) is 0 Å². The van der Waals surface area contributed by atoms with Gasteiger partial charge >= 0.3 is 6.18 Å². The van der Waals surface area contributed by atoms with E-state index in [1.165, 1.54) is 0 Å². The number of rotatable bonds is 4. The number of aryl methyl sites for hydroxylation is 1. The number of alkyl halides is 3. The molecule has 1 amide bonds. The number of aromatic nitrogens is 4. The number of amides is 1. The lowest BCUT2D eigenvalue weighted by atomic mass is 10.1. The molecule has 3 aromatic heterocycles. The van der Waals surface area contributed by atoms with E-state index in [1.807, 2.05) is 4.68 Å². The first-order valence-corrected chi connectivity index (χ1v) is 14.0. The molecule has 0 radical (unpaired) electrons. The van der Waals surface area contributed by atoms with Crippen molar-refractivity contribution in [3.8, 4) is 10.6 Å². The van der Waals surface area contributed by atoms with Crippen LogP contribution in [0.2, 0.25) is 0 Å². The predicted octanol–water partition coefficient (Wildman–Crippen LogP) is 3.26. The van der Waals surface area contributed by atoms with Crippen LogP contribution in [0, 0.1) is 6.92 Å². The Morgan fingerprint density at radius 2 is 1.97 bits per heavy atom. The molecule has 198 valence electrons. The Balaban J connectivity index is 1.52. The molecule has 0 atom stereocenters. The number of nitrogens with one attached hydrogen (secondary N) is 2. The highest BCUT2D eigenvalue weighted by Crippen LogP contribution is 2.41. The Bertz CT molecular complexity index is 1460. The summed E-state index contributed by atoms with van der Waals surface area (Å²) in [5, 5.41) is 9.97. The molecule has 0 unspecified atom stereocenters. The summed E-state index contributed by atoms with van der Waals surface area (Å²) in [6, 6.07) is 1.30. The number of anilines is 2. The summed E-state index contributed by atoms with van der Waals surface area (Å²) in [6.45, 7) is 3.59. The van der Waals surface area contributed by atoms with Gasteiger partial charge in [0.2, 0.25) is 5.95 Å². The Morgan fingerprint density at radius 3 is 2.68 bits per heavy atom. The molecule has 5 heterocycles. The molecule has 5 rings (SSSR count). The number of piperidine rings is 1. The van der Waals surface area contributed by atoms with E-state index < -0.39 is 33.2 Å². The van der Waals surface area contributed by atoms with Gasteiger partial charge in [0.1, 0.15) is 10.4 Å². The van der Waals surface area contributed by atoms with Crippen LogP contribution in [0.3, 0.4) is 0 Å². The maximum Gasteiger partial charge on any atom is 0.420 e. The second kappa shape index (κ2) is 9.36. The number of thiophene rings is 1. The molecule has 0 aromatic carbocycles. The highest BCUT2D eigenvalue weighted by molar-refractivity contribution is 7.91. The van der Waals surface area contributed by atoms with Gasteiger partial charge in [0, 0.05) is 18.9 Å². The van der Waals surface area contributed by atoms with E-state index in [9.17, 15) is 26.4 Å². The molecule has 3 aromatic rings. The summed E-state index contributed by atoms with van der Waals surface area (Å²) in [4.78, 5) is 22.0. The highest BCUT2D eigenvalue weighted by Gasteiger charge is 2.38. The van der Waals surface area contributed by atoms with E-state index in [2.05, 4.69) is 37.6 Å². The minimum Gasteiger partial charge on any atom is -0.350 e. The van der Waals surface area contributed by atoms with Crippen molar-refractivity contribution in [3.63, 3.8) is 0 Å². The largest absolute Gasteiger partial charge is 0.420 e. The van der Waals surface area contributed by atoms with E-state index >= 15 is 0 Å². The number of hydrogen-bond donors (Lipinski definition) is 2. The second-order valence-electron chi connectivity index (χ2n) is 9.10. The molecule has 37 heavy (non-hydrogen) atoms. The Labute approximate surface area is 214 Å². The third-order valence-electron chi connectivity index (χ3n) is 6.45. The molecule has 0 saturated carbocycles. The first-order chi connectivity index (χ1) is 17.4. The van der Waals surface area contributed by atoms with Crippen LogP contribution in [0.25, 0.3) is 10.6 Å². The van der Waals surface area contributed by atoms with Crippen LogP contribution in [0.15, 0.2) is 23.4 Å². The molecule has 0 aliphatic carbocycles. The fourth-order valence-electron chi connectivity index (χ4n) is 4.38. The molecule has 15 heteroatoms. The highest BCUT2D eigenvalue weighted by atomic mass is 32.2. The molecule has 0 bridgehead atoms. The van der Waals surface area contributed by atoms with Crippen LogP contribution in [0.1, 0.15) is 39.8 Å². The standard InChI is InChI=1S/C22H24F3N7O3S2/c1-12-15(11-32(30-12)13-3-6-31(2)7-4-13)28-21-27-10-14(22(23,24)25)18(29-21)16-9-17-19(36-16)20(33)26-5-8-37(17,34)35/h9-11,13H,3-8H2,1-2H3,(H,26,33)(H,27,28,29). The van der Waals surface area contributed by atoms with Gasteiger partial charge in [0.05, 0.1) is 38.6 Å². The summed E-state index contributed by atoms with van der Waals surface area (Å²) in [5.41, 5.74) is -0.458. The van der Waals surface area contributed by atoms with Crippen molar-refractivity contribution < 1.29 is 26.4 Å². The number of sulfone groups is 1. The van der Waals surface area contributed by atoms with Gasteiger partial charge < -0.3 is 15.5 Å². The summed E-state index contributed by atoms with van der Waals surface area (Å²) in [7, 11) is -1.79. The monoisotopic (exact) mass is 555 g/mol. The third-order valence-corrected chi connectivity index (χ3v) is 9.45. The number of carbonyl (C=O) groups excluding carboxylic acids is 1. The van der Waals surface area contributed by atoms with Gasteiger partial charge in [0.15, 0.2) is 9.84 Å². The lowest BCUT2D eigenvalue weighted by Gasteiger charge is -2.28. The van der Waals surface area contributed by atoms with Crippen LogP contribution in [-0.4, -0.2) is 71.4 Å². The molecule has 2 aliphatic rings. The molecular weight excluding hydrogens is 531 g/mol. The minimum absolute atomic E-state index is 0.0716. The lowest BCUT2D eigenvalue weighted by Crippen LogP contribution is -2.31. The van der Waals surface area contributed by atoms with Gasteiger partial charge in [-0.05, 0) is 46.0 Å². The third kappa shape index (κ3) is 5.07. The van der Waals surface area contributed by atoms with E-state index in [4.69, 9.17) is 0 Å². The first-order valence-electron chi connectivity index (χ1n) is 11.5. The van der Waals surface area contributed by atoms with Gasteiger partial charge in [-0.3, -0.25) is 9.48 Å². The second-order valence-corrected chi connectivity index (χ2v) is 12.2. The zero-order chi connectivity index (χ0) is 26.5. The van der Waals surface area contributed by atoms with Gasteiger partial charge in [-0.1, -0.05) is 0 Å². The molecule has 2 aliphatic heterocycles. The smallest absolute Gasteiger partial charge is 0.350 e. The molecule has 1 fully saturated rings. The minimum atomic E-state index is -4.80. The topological polar surface area (TPSA) is 122 Å². The fourth-order valence-corrected chi connectivity index (χ4v) is 7.20. The van der Waals surface area contributed by atoms with Crippen LogP contribution in [0.4, 0.5) is 24.8 Å². The number of fused-ring (bicyclic) bond motifs is 1. The average molecular weight is 556 g/mol. The number of carbonyl (C=O) groups is 1. The summed E-state index contributed by atoms with van der Waals surface area (Å²) < 4.78 is 68.6. The maximum absolute atomic E-state index is 13.9. The van der Waals surface area contributed by atoms with Crippen molar-refractivity contribution >= 4 is 38.7 Å². The zero-order valence-corrected chi connectivity index (χ0v) is 21.6. The Kier molecular flexibility index (Phi) is 6.48. The first kappa shape index (κ1) is 25.6. The summed E-state index contributed by atoms with van der Waals surface area (Å²) in [5.74, 6) is -1.10. The van der Waals surface area contributed by atoms with E-state index in [0.717, 1.165) is 32.0 Å². The van der Waals surface area contributed by atoms with Crippen molar-refractivity contribution in [3.05, 3.63) is 34.6 Å². The molecule has 1 saturated heterocycles. The molecule has 10 nitrogen and oxygen atoms in total. The van der Waals surface area contributed by atoms with Crippen molar-refractivity contribution in [2.75, 3.05) is 37.8 Å². The van der Waals surface area contributed by atoms with Crippen LogP contribution >= 0.6 is 11.3 Å². The van der Waals surface area contributed by atoms with Crippen LogP contribution < -0.4 is 10.6 Å². The zero-order valence-electron chi connectivity index (χ0n) is 20.0. The maximum atomic E-state index is 13.9. The van der Waals surface area contributed by atoms with Crippen molar-refractivity contribution in [2.45, 2.75) is 36.9 Å². The Morgan fingerprint density at radius 1 is 1.24 bits per heavy atom. The average Bonchev–Trinajstić information content (AvgIpc) is 3.41.